The number of β-lactam (4-membered cyclic amide) rings is 1. The van der Waals surface area contributed by atoms with Crippen LogP contribution < -0.4 is 5.32 Å². The zero-order valence-electron chi connectivity index (χ0n) is 16.0. The Balaban J connectivity index is 1.74. The second-order valence-corrected chi connectivity index (χ2v) is 8.71. The Morgan fingerprint density at radius 1 is 1.23 bits per heavy atom. The van der Waals surface area contributed by atoms with Gasteiger partial charge in [0.2, 0.25) is 5.91 Å². The highest BCUT2D eigenvalue weighted by Crippen LogP contribution is 2.36. The molecule has 30 heavy (non-hydrogen) atoms. The van der Waals surface area contributed by atoms with E-state index in [4.69, 9.17) is 0 Å². The summed E-state index contributed by atoms with van der Waals surface area (Å²) in [6, 6.07) is 2.02. The summed E-state index contributed by atoms with van der Waals surface area (Å²) in [6.45, 7) is 0. The molecule has 1 aromatic carbocycles. The summed E-state index contributed by atoms with van der Waals surface area (Å²) >= 11 is 3.29. The molecule has 1 heterocycles. The van der Waals surface area contributed by atoms with Gasteiger partial charge in [0, 0.05) is 4.47 Å². The Hall–Kier alpha value is -2.10. The lowest BCUT2D eigenvalue weighted by atomic mass is 9.82. The lowest BCUT2D eigenvalue weighted by molar-refractivity contribution is -0.172. The van der Waals surface area contributed by atoms with Crippen LogP contribution in [0.2, 0.25) is 0 Å². The molecule has 1 saturated heterocycles. The van der Waals surface area contributed by atoms with E-state index in [-0.39, 0.29) is 6.42 Å². The average Bonchev–Trinajstić information content (AvgIpc) is 2.67. The van der Waals surface area contributed by atoms with Crippen molar-refractivity contribution in [1.82, 2.24) is 10.2 Å². The van der Waals surface area contributed by atoms with Crippen molar-refractivity contribution >= 4 is 33.8 Å². The van der Waals surface area contributed by atoms with Crippen LogP contribution in [0.15, 0.2) is 28.7 Å². The minimum atomic E-state index is -4.68. The van der Waals surface area contributed by atoms with Crippen LogP contribution in [0.1, 0.15) is 37.7 Å². The van der Waals surface area contributed by atoms with Gasteiger partial charge in [0.1, 0.15) is 6.04 Å². The van der Waals surface area contributed by atoms with E-state index >= 15 is 0 Å². The molecule has 1 saturated carbocycles. The number of carboxylic acids is 1. The van der Waals surface area contributed by atoms with Crippen molar-refractivity contribution in [1.29, 1.82) is 0 Å². The number of urea groups is 1. The van der Waals surface area contributed by atoms with Gasteiger partial charge in [0.05, 0.1) is 5.92 Å². The zero-order valence-corrected chi connectivity index (χ0v) is 17.6. The molecule has 1 aliphatic carbocycles. The Labute approximate surface area is 179 Å². The molecular formula is C20H22BrF3N2O4. The van der Waals surface area contributed by atoms with E-state index in [1.165, 1.54) is 0 Å². The van der Waals surface area contributed by atoms with Crippen LogP contribution in [0.4, 0.5) is 18.0 Å². The molecule has 0 aromatic heterocycles. The van der Waals surface area contributed by atoms with Gasteiger partial charge in [0.25, 0.3) is 0 Å². The van der Waals surface area contributed by atoms with Crippen LogP contribution in [0.3, 0.4) is 0 Å². The van der Waals surface area contributed by atoms with Gasteiger partial charge in [-0.05, 0) is 42.9 Å². The van der Waals surface area contributed by atoms with Crippen molar-refractivity contribution < 1.29 is 32.7 Å². The van der Waals surface area contributed by atoms with E-state index in [1.54, 1.807) is 24.3 Å². The maximum Gasteiger partial charge on any atom is 0.408 e. The number of carbonyl (C=O) groups excluding carboxylic acids is 2. The van der Waals surface area contributed by atoms with Crippen LogP contribution in [0.25, 0.3) is 0 Å². The van der Waals surface area contributed by atoms with Gasteiger partial charge in [-0.25, -0.2) is 14.5 Å². The topological polar surface area (TPSA) is 86.7 Å². The minimum Gasteiger partial charge on any atom is -0.480 e. The predicted molar refractivity (Wildman–Crippen MR) is 105 cm³/mol. The molecule has 1 unspecified atom stereocenters. The van der Waals surface area contributed by atoms with Gasteiger partial charge in [0.15, 0.2) is 6.04 Å². The Morgan fingerprint density at radius 3 is 2.47 bits per heavy atom. The van der Waals surface area contributed by atoms with Crippen LogP contribution in [0.5, 0.6) is 0 Å². The van der Waals surface area contributed by atoms with Gasteiger partial charge in [-0.1, -0.05) is 47.3 Å². The fourth-order valence-electron chi connectivity index (χ4n) is 4.31. The molecule has 1 aliphatic heterocycles. The summed E-state index contributed by atoms with van der Waals surface area (Å²) in [5.74, 6) is -4.00. The second kappa shape index (κ2) is 8.95. The van der Waals surface area contributed by atoms with Crippen molar-refractivity contribution in [2.45, 2.75) is 56.8 Å². The number of hydrogen-bond acceptors (Lipinski definition) is 3. The molecule has 10 heteroatoms. The number of carboxylic acid groups (broad SMARTS) is 1. The largest absolute Gasteiger partial charge is 0.480 e. The van der Waals surface area contributed by atoms with E-state index < -0.39 is 48.0 Å². The summed E-state index contributed by atoms with van der Waals surface area (Å²) in [5, 5.41) is 11.4. The molecule has 2 aliphatic rings. The summed E-state index contributed by atoms with van der Waals surface area (Å²) in [5.41, 5.74) is 0.685. The van der Waals surface area contributed by atoms with E-state index in [0.29, 0.717) is 36.1 Å². The smallest absolute Gasteiger partial charge is 0.408 e. The first-order valence-corrected chi connectivity index (χ1v) is 10.6. The first-order chi connectivity index (χ1) is 14.1. The van der Waals surface area contributed by atoms with E-state index in [2.05, 4.69) is 15.9 Å². The zero-order chi connectivity index (χ0) is 22.1. The van der Waals surface area contributed by atoms with Gasteiger partial charge in [-0.3, -0.25) is 4.79 Å². The molecular weight excluding hydrogens is 469 g/mol. The number of benzene rings is 1. The SMILES string of the molecule is O=C(O)[C@@H]1[C@@H](Cc2cccc(Br)c2)C(=O)N1C(=O)NC(C1CCCCC1)C(F)(F)F. The van der Waals surface area contributed by atoms with E-state index in [0.717, 1.165) is 10.9 Å². The van der Waals surface area contributed by atoms with Gasteiger partial charge < -0.3 is 10.4 Å². The lowest BCUT2D eigenvalue weighted by Gasteiger charge is -2.44. The predicted octanol–water partition coefficient (Wildman–Crippen LogP) is 4.12. The molecule has 3 rings (SSSR count). The van der Waals surface area contributed by atoms with Crippen molar-refractivity contribution in [2.24, 2.45) is 11.8 Å². The molecule has 3 amide bonds. The standard InChI is InChI=1S/C20H22BrF3N2O4/c21-13-8-4-5-11(9-13)10-14-15(18(28)29)26(17(14)27)19(30)25-16(20(22,23)24)12-6-2-1-3-7-12/h4-5,8-9,12,14-16H,1-3,6-7,10H2,(H,25,30)(H,28,29)/t14-,15+,16?/m1/s1. The number of carbonyl (C=O) groups is 3. The number of imide groups is 1. The molecule has 3 atom stereocenters. The first kappa shape index (κ1) is 22.6. The highest BCUT2D eigenvalue weighted by atomic mass is 79.9. The number of likely N-dealkylation sites (tertiary alicyclic amines) is 1. The fourth-order valence-corrected chi connectivity index (χ4v) is 4.76. The van der Waals surface area contributed by atoms with Gasteiger partial charge >= 0.3 is 18.2 Å². The molecule has 0 radical (unpaired) electrons. The highest BCUT2D eigenvalue weighted by Gasteiger charge is 2.56. The maximum atomic E-state index is 13.6. The highest BCUT2D eigenvalue weighted by molar-refractivity contribution is 9.10. The van der Waals surface area contributed by atoms with Gasteiger partial charge in [-0.2, -0.15) is 13.2 Å². The number of nitrogens with one attached hydrogen (secondary N) is 1. The molecule has 2 fully saturated rings. The van der Waals surface area contributed by atoms with Crippen molar-refractivity contribution in [2.75, 3.05) is 0 Å². The monoisotopic (exact) mass is 490 g/mol. The minimum absolute atomic E-state index is 0.0738. The normalized spacial score (nSPS) is 23.6. The van der Waals surface area contributed by atoms with E-state index in [9.17, 15) is 32.7 Å². The number of hydrogen-bond donors (Lipinski definition) is 2. The summed E-state index contributed by atoms with van der Waals surface area (Å²) in [4.78, 5) is 37.1. The number of aliphatic carboxylic acids is 1. The van der Waals surface area contributed by atoms with Crippen molar-refractivity contribution in [3.05, 3.63) is 34.3 Å². The third-order valence-corrected chi connectivity index (χ3v) is 6.28. The molecule has 2 N–H and O–H groups in total. The molecule has 0 spiro atoms. The summed E-state index contributed by atoms with van der Waals surface area (Å²) in [7, 11) is 0. The number of halogens is 4. The third kappa shape index (κ3) is 4.79. The molecule has 1 aromatic rings. The van der Waals surface area contributed by atoms with Crippen LogP contribution in [-0.4, -0.2) is 46.2 Å². The molecule has 0 bridgehead atoms. The van der Waals surface area contributed by atoms with Gasteiger partial charge in [-0.15, -0.1) is 0 Å². The number of rotatable bonds is 5. The lowest BCUT2D eigenvalue weighted by Crippen LogP contribution is -2.70. The Morgan fingerprint density at radius 2 is 1.90 bits per heavy atom. The Bertz CT molecular complexity index is 827. The third-order valence-electron chi connectivity index (χ3n) is 5.78. The maximum absolute atomic E-state index is 13.6. The van der Waals surface area contributed by atoms with Crippen molar-refractivity contribution in [3.63, 3.8) is 0 Å². The first-order valence-electron chi connectivity index (χ1n) is 9.77. The average molecular weight is 491 g/mol. The quantitative estimate of drug-likeness (QED) is 0.607. The Kier molecular flexibility index (Phi) is 6.74. The van der Waals surface area contributed by atoms with Crippen LogP contribution in [-0.2, 0) is 16.0 Å². The van der Waals surface area contributed by atoms with Crippen LogP contribution in [0, 0.1) is 11.8 Å². The fraction of sp³-hybridized carbons (Fsp3) is 0.550. The molecule has 6 nitrogen and oxygen atoms in total. The van der Waals surface area contributed by atoms with Crippen molar-refractivity contribution in [3.8, 4) is 0 Å². The number of nitrogens with zero attached hydrogens (tertiary/aromatic N) is 1. The number of alkyl halides is 3. The molecule has 164 valence electrons. The second-order valence-electron chi connectivity index (χ2n) is 7.80. The van der Waals surface area contributed by atoms with E-state index in [1.807, 2.05) is 5.32 Å². The summed E-state index contributed by atoms with van der Waals surface area (Å²) < 4.78 is 41.4. The summed E-state index contributed by atoms with van der Waals surface area (Å²) in [6.07, 6.45) is -1.83. The number of amides is 3. The van der Waals surface area contributed by atoms with Crippen LogP contribution >= 0.6 is 15.9 Å².